The van der Waals surface area contributed by atoms with Gasteiger partial charge in [0.25, 0.3) is 11.8 Å². The summed E-state index contributed by atoms with van der Waals surface area (Å²) in [5.74, 6) is -1.43. The molecule has 39 heavy (non-hydrogen) atoms. The molecular formula is C28H22Cl2N2O7. The van der Waals surface area contributed by atoms with Crippen molar-refractivity contribution in [2.45, 2.75) is 13.5 Å². The lowest BCUT2D eigenvalue weighted by atomic mass is 10.1. The Morgan fingerprint density at radius 1 is 0.949 bits per heavy atom. The minimum absolute atomic E-state index is 0.174. The van der Waals surface area contributed by atoms with Crippen LogP contribution in [0.4, 0.5) is 10.5 Å². The van der Waals surface area contributed by atoms with E-state index in [4.69, 9.17) is 37.4 Å². The first-order chi connectivity index (χ1) is 18.7. The molecule has 9 nitrogen and oxygen atoms in total. The molecule has 200 valence electrons. The Bertz CT molecular complexity index is 1490. The zero-order valence-electron chi connectivity index (χ0n) is 20.8. The molecule has 0 aliphatic carbocycles. The standard InChI is InChI=1S/C28H22Cl2N2O7/c1-3-38-27(35)18-6-8-19(9-7-18)32-26(34)20(25(33)31-28(32)36)12-16-5-11-23(24(14-16)37-2)39-15-17-4-10-21(29)22(30)13-17/h4-14H,3,15H2,1-2H3,(H,31,33,36)/b20-12+. The van der Waals surface area contributed by atoms with E-state index in [1.54, 1.807) is 43.3 Å². The predicted octanol–water partition coefficient (Wildman–Crippen LogP) is 5.42. The number of hydrogen-bond donors (Lipinski definition) is 1. The number of amides is 4. The summed E-state index contributed by atoms with van der Waals surface area (Å²) in [6.07, 6.45) is 1.34. The monoisotopic (exact) mass is 568 g/mol. The lowest BCUT2D eigenvalue weighted by molar-refractivity contribution is -0.122. The van der Waals surface area contributed by atoms with Crippen molar-refractivity contribution in [3.8, 4) is 11.5 Å². The second kappa shape index (κ2) is 12.0. The summed E-state index contributed by atoms with van der Waals surface area (Å²) in [6, 6.07) is 14.8. The van der Waals surface area contributed by atoms with E-state index in [-0.39, 0.29) is 30.0 Å². The Hall–Kier alpha value is -4.34. The van der Waals surface area contributed by atoms with Crippen LogP contribution >= 0.6 is 23.2 Å². The Morgan fingerprint density at radius 2 is 1.69 bits per heavy atom. The smallest absolute Gasteiger partial charge is 0.338 e. The van der Waals surface area contributed by atoms with Crippen LogP contribution in [0.5, 0.6) is 11.5 Å². The maximum absolute atomic E-state index is 13.2. The average molecular weight is 569 g/mol. The molecule has 0 unspecified atom stereocenters. The maximum atomic E-state index is 13.2. The fraction of sp³-hybridized carbons (Fsp3) is 0.143. The minimum atomic E-state index is -0.908. The summed E-state index contributed by atoms with van der Waals surface area (Å²) < 4.78 is 16.2. The molecule has 4 amide bonds. The van der Waals surface area contributed by atoms with Crippen LogP contribution in [0.1, 0.15) is 28.4 Å². The molecule has 1 N–H and O–H groups in total. The fourth-order valence-electron chi connectivity index (χ4n) is 3.70. The molecule has 1 heterocycles. The third-order valence-corrected chi connectivity index (χ3v) is 6.35. The Kier molecular flexibility index (Phi) is 8.53. The predicted molar refractivity (Wildman–Crippen MR) is 145 cm³/mol. The number of benzene rings is 3. The summed E-state index contributed by atoms with van der Waals surface area (Å²) in [5, 5.41) is 3.01. The molecule has 0 aromatic heterocycles. The van der Waals surface area contributed by atoms with Crippen LogP contribution in [0.3, 0.4) is 0 Å². The lowest BCUT2D eigenvalue weighted by Gasteiger charge is -2.26. The molecule has 0 saturated carbocycles. The van der Waals surface area contributed by atoms with Crippen molar-refractivity contribution in [2.75, 3.05) is 18.6 Å². The van der Waals surface area contributed by atoms with E-state index >= 15 is 0 Å². The molecule has 0 spiro atoms. The van der Waals surface area contributed by atoms with Gasteiger partial charge in [0.05, 0.1) is 35.0 Å². The number of nitrogens with zero attached hydrogens (tertiary/aromatic N) is 1. The van der Waals surface area contributed by atoms with Crippen molar-refractivity contribution >= 4 is 58.8 Å². The Labute approximate surface area is 233 Å². The quantitative estimate of drug-likeness (QED) is 0.219. The second-order valence-corrected chi connectivity index (χ2v) is 8.99. The third kappa shape index (κ3) is 6.22. The van der Waals surface area contributed by atoms with Gasteiger partial charge >= 0.3 is 12.0 Å². The van der Waals surface area contributed by atoms with Crippen LogP contribution < -0.4 is 19.7 Å². The zero-order chi connectivity index (χ0) is 28.1. The van der Waals surface area contributed by atoms with Crippen LogP contribution in [0, 0.1) is 0 Å². The highest BCUT2D eigenvalue weighted by Gasteiger charge is 2.37. The highest BCUT2D eigenvalue weighted by atomic mass is 35.5. The minimum Gasteiger partial charge on any atom is -0.493 e. The van der Waals surface area contributed by atoms with Crippen LogP contribution in [-0.2, 0) is 20.9 Å². The number of barbiturate groups is 1. The highest BCUT2D eigenvalue weighted by Crippen LogP contribution is 2.31. The van der Waals surface area contributed by atoms with Gasteiger partial charge in [-0.15, -0.1) is 0 Å². The average Bonchev–Trinajstić information content (AvgIpc) is 2.92. The van der Waals surface area contributed by atoms with Crippen LogP contribution in [0.25, 0.3) is 6.08 Å². The van der Waals surface area contributed by atoms with E-state index in [0.29, 0.717) is 27.1 Å². The van der Waals surface area contributed by atoms with E-state index in [2.05, 4.69) is 5.32 Å². The number of rotatable bonds is 8. The number of carbonyl (C=O) groups excluding carboxylic acids is 4. The molecule has 0 bridgehead atoms. The van der Waals surface area contributed by atoms with Gasteiger partial charge in [0.2, 0.25) is 0 Å². The summed E-state index contributed by atoms with van der Waals surface area (Å²) in [4.78, 5) is 51.0. The number of anilines is 1. The number of hydrogen-bond acceptors (Lipinski definition) is 7. The summed E-state index contributed by atoms with van der Waals surface area (Å²) >= 11 is 12.0. The van der Waals surface area contributed by atoms with Gasteiger partial charge in [0, 0.05) is 0 Å². The SMILES string of the molecule is CCOC(=O)c1ccc(N2C(=O)NC(=O)/C(=C\c3ccc(OCc4ccc(Cl)c(Cl)c4)c(OC)c3)C2=O)cc1. The number of halogens is 2. The van der Waals surface area contributed by atoms with Crippen LogP contribution in [0.2, 0.25) is 10.0 Å². The lowest BCUT2D eigenvalue weighted by Crippen LogP contribution is -2.54. The summed E-state index contributed by atoms with van der Waals surface area (Å²) in [7, 11) is 1.46. The normalized spacial score (nSPS) is 14.3. The van der Waals surface area contributed by atoms with E-state index in [9.17, 15) is 19.2 Å². The van der Waals surface area contributed by atoms with Crippen molar-refractivity contribution in [3.05, 3.63) is 93.0 Å². The van der Waals surface area contributed by atoms with Crippen molar-refractivity contribution in [3.63, 3.8) is 0 Å². The molecule has 3 aromatic rings. The molecule has 1 aliphatic rings. The number of methoxy groups -OCH3 is 1. The van der Waals surface area contributed by atoms with Gasteiger partial charge in [0.1, 0.15) is 12.2 Å². The topological polar surface area (TPSA) is 111 Å². The van der Waals surface area contributed by atoms with E-state index < -0.39 is 23.8 Å². The molecule has 1 fully saturated rings. The number of urea groups is 1. The first kappa shape index (κ1) is 27.7. The zero-order valence-corrected chi connectivity index (χ0v) is 22.3. The first-order valence-corrected chi connectivity index (χ1v) is 12.4. The summed E-state index contributed by atoms with van der Waals surface area (Å²) in [5.41, 5.74) is 1.41. The number of nitrogens with one attached hydrogen (secondary N) is 1. The van der Waals surface area contributed by atoms with Gasteiger partial charge in [-0.1, -0.05) is 35.3 Å². The van der Waals surface area contributed by atoms with E-state index in [0.717, 1.165) is 10.5 Å². The Morgan fingerprint density at radius 3 is 2.36 bits per heavy atom. The fourth-order valence-corrected chi connectivity index (χ4v) is 4.02. The molecule has 11 heteroatoms. The molecule has 1 saturated heterocycles. The first-order valence-electron chi connectivity index (χ1n) is 11.6. The molecule has 3 aromatic carbocycles. The summed E-state index contributed by atoms with van der Waals surface area (Å²) in [6.45, 7) is 2.08. The maximum Gasteiger partial charge on any atom is 0.338 e. The van der Waals surface area contributed by atoms with Crippen LogP contribution in [-0.4, -0.2) is 37.5 Å². The number of esters is 1. The van der Waals surface area contributed by atoms with Crippen molar-refractivity contribution in [2.24, 2.45) is 0 Å². The largest absolute Gasteiger partial charge is 0.493 e. The number of ether oxygens (including phenoxy) is 3. The van der Waals surface area contributed by atoms with Gasteiger partial charge in [0.15, 0.2) is 11.5 Å². The molecule has 4 rings (SSSR count). The van der Waals surface area contributed by atoms with E-state index in [1.165, 1.54) is 37.5 Å². The van der Waals surface area contributed by atoms with Gasteiger partial charge in [-0.3, -0.25) is 14.9 Å². The molecule has 1 aliphatic heterocycles. The van der Waals surface area contributed by atoms with Crippen LogP contribution in [0.15, 0.2) is 66.2 Å². The van der Waals surface area contributed by atoms with Crippen molar-refractivity contribution < 1.29 is 33.4 Å². The second-order valence-electron chi connectivity index (χ2n) is 8.17. The van der Waals surface area contributed by atoms with Gasteiger partial charge < -0.3 is 14.2 Å². The van der Waals surface area contributed by atoms with Crippen molar-refractivity contribution in [1.29, 1.82) is 0 Å². The highest BCUT2D eigenvalue weighted by molar-refractivity contribution is 6.42. The number of carbonyl (C=O) groups is 4. The molecule has 0 radical (unpaired) electrons. The Balaban J connectivity index is 1.56. The molecular weight excluding hydrogens is 547 g/mol. The third-order valence-electron chi connectivity index (χ3n) is 5.62. The number of imide groups is 2. The van der Waals surface area contributed by atoms with E-state index in [1.807, 2.05) is 0 Å². The van der Waals surface area contributed by atoms with Crippen molar-refractivity contribution in [1.82, 2.24) is 5.32 Å². The molecule has 0 atom stereocenters. The van der Waals surface area contributed by atoms with Gasteiger partial charge in [-0.2, -0.15) is 0 Å². The van der Waals surface area contributed by atoms with Gasteiger partial charge in [-0.05, 0) is 72.7 Å². The van der Waals surface area contributed by atoms with Gasteiger partial charge in [-0.25, -0.2) is 14.5 Å².